The van der Waals surface area contributed by atoms with Gasteiger partial charge in [0.2, 0.25) is 0 Å². The maximum absolute atomic E-state index is 12.6. The van der Waals surface area contributed by atoms with Gasteiger partial charge in [-0.1, -0.05) is 6.07 Å². The van der Waals surface area contributed by atoms with Crippen molar-refractivity contribution in [3.8, 4) is 0 Å². The van der Waals surface area contributed by atoms with Crippen molar-refractivity contribution < 1.29 is 9.53 Å². The van der Waals surface area contributed by atoms with Gasteiger partial charge in [0.1, 0.15) is 0 Å². The second-order valence-corrected chi connectivity index (χ2v) is 6.54. The average Bonchev–Trinajstić information content (AvgIpc) is 3.24. The van der Waals surface area contributed by atoms with E-state index in [9.17, 15) is 4.79 Å². The zero-order valence-electron chi connectivity index (χ0n) is 12.3. The number of ether oxygens (including phenoxy) is 1. The molecule has 4 rings (SSSR count). The first kappa shape index (κ1) is 13.8. The van der Waals surface area contributed by atoms with Crippen LogP contribution in [0.5, 0.6) is 0 Å². The molecule has 4 nitrogen and oxygen atoms in total. The monoisotopic (exact) mass is 314 g/mol. The molecule has 2 aromatic rings. The molecule has 114 valence electrons. The van der Waals surface area contributed by atoms with Crippen LogP contribution in [-0.2, 0) is 11.2 Å². The molecule has 5 heteroatoms. The number of anilines is 2. The van der Waals surface area contributed by atoms with Gasteiger partial charge in [-0.2, -0.15) is 0 Å². The van der Waals surface area contributed by atoms with Crippen LogP contribution in [0.4, 0.5) is 11.4 Å². The van der Waals surface area contributed by atoms with E-state index < -0.39 is 0 Å². The lowest BCUT2D eigenvalue weighted by molar-refractivity contribution is 0.0993. The third kappa shape index (κ3) is 2.40. The van der Waals surface area contributed by atoms with Gasteiger partial charge in [0.05, 0.1) is 18.1 Å². The Morgan fingerprint density at radius 3 is 2.77 bits per heavy atom. The molecule has 1 fully saturated rings. The number of rotatable bonds is 2. The Balaban J connectivity index is 1.59. The summed E-state index contributed by atoms with van der Waals surface area (Å²) < 4.78 is 5.41. The first-order valence-corrected chi connectivity index (χ1v) is 8.52. The van der Waals surface area contributed by atoms with E-state index in [2.05, 4.69) is 23.1 Å². The number of morpholine rings is 1. The Hall–Kier alpha value is -1.85. The van der Waals surface area contributed by atoms with Crippen LogP contribution >= 0.6 is 11.3 Å². The molecular formula is C17H18N2O2S. The number of hydrogen-bond acceptors (Lipinski definition) is 4. The molecule has 1 aromatic carbocycles. The van der Waals surface area contributed by atoms with E-state index in [1.165, 1.54) is 22.6 Å². The molecule has 0 unspecified atom stereocenters. The Labute approximate surface area is 133 Å². The first-order chi connectivity index (χ1) is 10.8. The maximum atomic E-state index is 12.6. The van der Waals surface area contributed by atoms with E-state index in [0.717, 1.165) is 49.8 Å². The van der Waals surface area contributed by atoms with Crippen LogP contribution in [0.3, 0.4) is 0 Å². The average molecular weight is 314 g/mol. The summed E-state index contributed by atoms with van der Waals surface area (Å²) in [6.07, 6.45) is 0.935. The summed E-state index contributed by atoms with van der Waals surface area (Å²) in [5, 5.41) is 1.95. The molecule has 1 amide bonds. The summed E-state index contributed by atoms with van der Waals surface area (Å²) in [6, 6.07) is 10.3. The molecule has 1 saturated heterocycles. The fourth-order valence-corrected chi connectivity index (χ4v) is 3.82. The minimum Gasteiger partial charge on any atom is -0.378 e. The molecule has 2 aliphatic heterocycles. The van der Waals surface area contributed by atoms with Crippen molar-refractivity contribution in [3.05, 3.63) is 46.2 Å². The van der Waals surface area contributed by atoms with Crippen LogP contribution < -0.4 is 9.80 Å². The molecular weight excluding hydrogens is 296 g/mol. The van der Waals surface area contributed by atoms with E-state index >= 15 is 0 Å². The van der Waals surface area contributed by atoms with Crippen LogP contribution in [0.15, 0.2) is 35.7 Å². The Bertz CT molecular complexity index is 678. The molecule has 0 aliphatic carbocycles. The minimum atomic E-state index is 0.118. The largest absolute Gasteiger partial charge is 0.378 e. The standard InChI is InChI=1S/C17H18N2O2S/c20-17(16-2-1-11-22-16)19-6-5-13-12-14(3-4-15(13)19)18-7-9-21-10-8-18/h1-4,11-12H,5-10H2. The first-order valence-electron chi connectivity index (χ1n) is 7.64. The summed E-state index contributed by atoms with van der Waals surface area (Å²) >= 11 is 1.51. The van der Waals surface area contributed by atoms with Gasteiger partial charge in [-0.3, -0.25) is 4.79 Å². The number of thiophene rings is 1. The molecule has 0 saturated carbocycles. The number of carbonyl (C=O) groups excluding carboxylic acids is 1. The lowest BCUT2D eigenvalue weighted by atomic mass is 10.1. The predicted octanol–water partition coefficient (Wildman–Crippen LogP) is 2.79. The minimum absolute atomic E-state index is 0.118. The number of fused-ring (bicyclic) bond motifs is 1. The summed E-state index contributed by atoms with van der Waals surface area (Å²) in [7, 11) is 0. The van der Waals surface area contributed by atoms with Crippen LogP contribution in [0.1, 0.15) is 15.2 Å². The molecule has 0 spiro atoms. The van der Waals surface area contributed by atoms with E-state index in [0.29, 0.717) is 0 Å². The van der Waals surface area contributed by atoms with Crippen LogP contribution in [-0.4, -0.2) is 38.8 Å². The van der Waals surface area contributed by atoms with Gasteiger partial charge in [-0.15, -0.1) is 11.3 Å². The van der Waals surface area contributed by atoms with Crippen molar-refractivity contribution in [3.63, 3.8) is 0 Å². The predicted molar refractivity (Wildman–Crippen MR) is 89.2 cm³/mol. The van der Waals surface area contributed by atoms with Crippen LogP contribution in [0, 0.1) is 0 Å². The summed E-state index contributed by atoms with van der Waals surface area (Å²) in [6.45, 7) is 4.24. The zero-order chi connectivity index (χ0) is 14.9. The van der Waals surface area contributed by atoms with Crippen molar-refractivity contribution in [1.29, 1.82) is 0 Å². The highest BCUT2D eigenvalue weighted by Crippen LogP contribution is 2.33. The Morgan fingerprint density at radius 1 is 1.14 bits per heavy atom. The van der Waals surface area contributed by atoms with E-state index in [1.54, 1.807) is 0 Å². The normalized spacial score (nSPS) is 17.6. The van der Waals surface area contributed by atoms with E-state index in [-0.39, 0.29) is 5.91 Å². The lowest BCUT2D eigenvalue weighted by Gasteiger charge is -2.29. The molecule has 1 aromatic heterocycles. The zero-order valence-corrected chi connectivity index (χ0v) is 13.1. The van der Waals surface area contributed by atoms with Crippen molar-refractivity contribution in [2.75, 3.05) is 42.6 Å². The highest BCUT2D eigenvalue weighted by atomic mass is 32.1. The van der Waals surface area contributed by atoms with Gasteiger partial charge in [0, 0.05) is 31.0 Å². The molecule has 0 radical (unpaired) electrons. The second kappa shape index (κ2) is 5.74. The molecule has 3 heterocycles. The number of carbonyl (C=O) groups is 1. The summed E-state index contributed by atoms with van der Waals surface area (Å²) in [5.41, 5.74) is 3.58. The number of hydrogen-bond donors (Lipinski definition) is 0. The van der Waals surface area contributed by atoms with E-state index in [1.807, 2.05) is 22.4 Å². The Morgan fingerprint density at radius 2 is 2.00 bits per heavy atom. The molecule has 0 N–H and O–H groups in total. The van der Waals surface area contributed by atoms with Crippen LogP contribution in [0.2, 0.25) is 0 Å². The fraction of sp³-hybridized carbons (Fsp3) is 0.353. The van der Waals surface area contributed by atoms with Crippen molar-refractivity contribution >= 4 is 28.6 Å². The number of nitrogens with zero attached hydrogens (tertiary/aromatic N) is 2. The van der Waals surface area contributed by atoms with Crippen LogP contribution in [0.25, 0.3) is 0 Å². The summed E-state index contributed by atoms with van der Waals surface area (Å²) in [5.74, 6) is 0.118. The van der Waals surface area contributed by atoms with Gasteiger partial charge in [0.25, 0.3) is 5.91 Å². The van der Waals surface area contributed by atoms with Crippen molar-refractivity contribution in [1.82, 2.24) is 0 Å². The molecule has 0 bridgehead atoms. The highest BCUT2D eigenvalue weighted by molar-refractivity contribution is 7.12. The number of amides is 1. The van der Waals surface area contributed by atoms with Gasteiger partial charge in [0.15, 0.2) is 0 Å². The molecule has 22 heavy (non-hydrogen) atoms. The third-order valence-electron chi connectivity index (χ3n) is 4.31. The fourth-order valence-electron chi connectivity index (χ4n) is 3.15. The third-order valence-corrected chi connectivity index (χ3v) is 5.17. The van der Waals surface area contributed by atoms with Gasteiger partial charge in [-0.25, -0.2) is 0 Å². The molecule has 0 atom stereocenters. The second-order valence-electron chi connectivity index (χ2n) is 5.60. The number of benzene rings is 1. The van der Waals surface area contributed by atoms with E-state index in [4.69, 9.17) is 4.74 Å². The van der Waals surface area contributed by atoms with Gasteiger partial charge >= 0.3 is 0 Å². The topological polar surface area (TPSA) is 32.8 Å². The van der Waals surface area contributed by atoms with Crippen molar-refractivity contribution in [2.45, 2.75) is 6.42 Å². The quantitative estimate of drug-likeness (QED) is 0.854. The summed E-state index contributed by atoms with van der Waals surface area (Å²) in [4.78, 5) is 17.6. The van der Waals surface area contributed by atoms with Gasteiger partial charge < -0.3 is 14.5 Å². The molecule has 2 aliphatic rings. The maximum Gasteiger partial charge on any atom is 0.268 e. The highest BCUT2D eigenvalue weighted by Gasteiger charge is 2.26. The lowest BCUT2D eigenvalue weighted by Crippen LogP contribution is -2.36. The smallest absolute Gasteiger partial charge is 0.268 e. The van der Waals surface area contributed by atoms with Crippen molar-refractivity contribution in [2.24, 2.45) is 0 Å². The van der Waals surface area contributed by atoms with Gasteiger partial charge in [-0.05, 0) is 41.6 Å². The Kier molecular flexibility index (Phi) is 3.60. The SMILES string of the molecule is O=C(c1cccs1)N1CCc2cc(N3CCOCC3)ccc21.